The van der Waals surface area contributed by atoms with Gasteiger partial charge in [0.2, 0.25) is 5.91 Å². The molecule has 94 valence electrons. The van der Waals surface area contributed by atoms with Crippen LogP contribution in [0, 0.1) is 0 Å². The molecule has 1 rings (SSSR count). The van der Waals surface area contributed by atoms with Gasteiger partial charge in [-0.05, 0) is 25.0 Å². The zero-order valence-corrected chi connectivity index (χ0v) is 12.1. The smallest absolute Gasteiger partial charge is 0.233 e. The third-order valence-corrected chi connectivity index (χ3v) is 4.68. The first-order valence-corrected chi connectivity index (χ1v) is 7.73. The highest BCUT2D eigenvalue weighted by molar-refractivity contribution is 9.09. The van der Waals surface area contributed by atoms with Crippen molar-refractivity contribution in [2.45, 2.75) is 35.8 Å². The van der Waals surface area contributed by atoms with Gasteiger partial charge in [-0.25, -0.2) is 0 Å². The van der Waals surface area contributed by atoms with Crippen molar-refractivity contribution in [3.05, 3.63) is 0 Å². The molecule has 1 saturated heterocycles. The summed E-state index contributed by atoms with van der Waals surface area (Å²) in [5, 5.41) is 3.18. The Morgan fingerprint density at radius 1 is 1.62 bits per heavy atom. The van der Waals surface area contributed by atoms with Crippen LogP contribution in [0.25, 0.3) is 0 Å². The first-order chi connectivity index (χ1) is 7.74. The number of carbonyl (C=O) groups excluding carboxylic acids is 1. The molecule has 1 amide bonds. The number of alkyl halides is 1. The third-order valence-electron chi connectivity index (χ3n) is 2.58. The van der Waals surface area contributed by atoms with Gasteiger partial charge in [0.05, 0.1) is 11.9 Å². The van der Waals surface area contributed by atoms with E-state index in [9.17, 15) is 4.79 Å². The molecule has 0 aromatic heterocycles. The van der Waals surface area contributed by atoms with Crippen LogP contribution >= 0.6 is 27.7 Å². The van der Waals surface area contributed by atoms with Crippen molar-refractivity contribution in [1.29, 1.82) is 0 Å². The molecular formula is C11H20BrNO2S. The highest BCUT2D eigenvalue weighted by atomic mass is 79.9. The summed E-state index contributed by atoms with van der Waals surface area (Å²) in [4.78, 5) is 12.1. The van der Waals surface area contributed by atoms with E-state index in [0.717, 1.165) is 25.1 Å². The molecule has 1 heterocycles. The average molecular weight is 310 g/mol. The second-order valence-electron chi connectivity index (χ2n) is 3.99. The maximum Gasteiger partial charge on any atom is 0.233 e. The van der Waals surface area contributed by atoms with Crippen molar-refractivity contribution in [3.63, 3.8) is 0 Å². The first-order valence-electron chi connectivity index (χ1n) is 5.76. The van der Waals surface area contributed by atoms with Crippen molar-refractivity contribution in [2.75, 3.05) is 26.0 Å². The van der Waals surface area contributed by atoms with Crippen LogP contribution in [0.1, 0.15) is 25.7 Å². The number of methoxy groups -OCH3 is 1. The molecule has 16 heavy (non-hydrogen) atoms. The normalized spacial score (nSPS) is 22.8. The van der Waals surface area contributed by atoms with Gasteiger partial charge in [0.1, 0.15) is 0 Å². The fraction of sp³-hybridized carbons (Fsp3) is 0.909. The topological polar surface area (TPSA) is 38.3 Å². The number of nitrogens with one attached hydrogen (secondary N) is 1. The van der Waals surface area contributed by atoms with E-state index >= 15 is 0 Å². The molecule has 0 bridgehead atoms. The Balaban J connectivity index is 2.09. The van der Waals surface area contributed by atoms with Crippen molar-refractivity contribution < 1.29 is 9.53 Å². The van der Waals surface area contributed by atoms with E-state index in [1.807, 2.05) is 0 Å². The monoisotopic (exact) mass is 309 g/mol. The lowest BCUT2D eigenvalue weighted by atomic mass is 10.2. The fourth-order valence-electron chi connectivity index (χ4n) is 1.68. The van der Waals surface area contributed by atoms with E-state index in [1.54, 1.807) is 18.9 Å². The van der Waals surface area contributed by atoms with E-state index in [4.69, 9.17) is 4.74 Å². The van der Waals surface area contributed by atoms with Crippen LogP contribution in [0.2, 0.25) is 0 Å². The number of amides is 1. The van der Waals surface area contributed by atoms with Crippen molar-refractivity contribution in [1.82, 2.24) is 5.32 Å². The predicted octanol–water partition coefficient (Wildman–Crippen LogP) is 2.19. The van der Waals surface area contributed by atoms with Gasteiger partial charge < -0.3 is 10.1 Å². The number of ether oxygens (including phenoxy) is 1. The Labute approximate surface area is 110 Å². The second kappa shape index (κ2) is 8.37. The van der Waals surface area contributed by atoms with Crippen LogP contribution in [0.15, 0.2) is 0 Å². The molecule has 2 unspecified atom stereocenters. The average Bonchev–Trinajstić information content (AvgIpc) is 2.30. The van der Waals surface area contributed by atoms with Crippen LogP contribution in [-0.4, -0.2) is 42.0 Å². The summed E-state index contributed by atoms with van der Waals surface area (Å²) in [5.74, 6) is 1.34. The molecule has 0 aliphatic carbocycles. The lowest BCUT2D eigenvalue weighted by molar-refractivity contribution is -0.120. The number of thioether (sulfide) groups is 1. The van der Waals surface area contributed by atoms with Gasteiger partial charge in [-0.15, -0.1) is 11.8 Å². The number of halogens is 1. The molecule has 0 aromatic carbocycles. The Hall–Kier alpha value is 0.260. The minimum Gasteiger partial charge on any atom is -0.384 e. The molecule has 0 radical (unpaired) electrons. The summed E-state index contributed by atoms with van der Waals surface area (Å²) in [6.45, 7) is 1.42. The van der Waals surface area contributed by atoms with Crippen LogP contribution in [0.3, 0.4) is 0 Å². The Kier molecular flexibility index (Phi) is 7.49. The molecule has 1 aliphatic heterocycles. The van der Waals surface area contributed by atoms with E-state index in [-0.39, 0.29) is 11.2 Å². The van der Waals surface area contributed by atoms with Crippen molar-refractivity contribution in [3.8, 4) is 0 Å². The lowest BCUT2D eigenvalue weighted by Gasteiger charge is -2.20. The van der Waals surface area contributed by atoms with Crippen LogP contribution in [-0.2, 0) is 9.53 Å². The van der Waals surface area contributed by atoms with Gasteiger partial charge in [0, 0.05) is 18.5 Å². The summed E-state index contributed by atoms with van der Waals surface area (Å²) in [5.41, 5.74) is 0. The van der Waals surface area contributed by atoms with E-state index < -0.39 is 0 Å². The molecule has 2 atom stereocenters. The Morgan fingerprint density at radius 2 is 2.44 bits per heavy atom. The van der Waals surface area contributed by atoms with Gasteiger partial charge in [0.15, 0.2) is 0 Å². The molecule has 0 aromatic rings. The molecular weight excluding hydrogens is 290 g/mol. The molecule has 1 fully saturated rings. The molecule has 3 nitrogen and oxygen atoms in total. The molecule has 0 spiro atoms. The Morgan fingerprint density at radius 3 is 3.06 bits per heavy atom. The van der Waals surface area contributed by atoms with E-state index in [0.29, 0.717) is 11.4 Å². The van der Waals surface area contributed by atoms with Crippen molar-refractivity contribution in [2.24, 2.45) is 0 Å². The largest absolute Gasteiger partial charge is 0.384 e. The van der Waals surface area contributed by atoms with E-state index in [2.05, 4.69) is 21.2 Å². The highest BCUT2D eigenvalue weighted by Gasteiger charge is 2.21. The number of carbonyl (C=O) groups is 1. The fourth-order valence-corrected chi connectivity index (χ4v) is 3.39. The maximum atomic E-state index is 11.8. The maximum absolute atomic E-state index is 11.8. The number of hydrogen-bond acceptors (Lipinski definition) is 3. The lowest BCUT2D eigenvalue weighted by Crippen LogP contribution is -2.35. The van der Waals surface area contributed by atoms with Crippen LogP contribution in [0.5, 0.6) is 0 Å². The van der Waals surface area contributed by atoms with Gasteiger partial charge in [-0.3, -0.25) is 4.79 Å². The zero-order valence-electron chi connectivity index (χ0n) is 9.71. The number of rotatable bonds is 6. The minimum absolute atomic E-state index is 0.185. The summed E-state index contributed by atoms with van der Waals surface area (Å²) in [7, 11) is 1.69. The van der Waals surface area contributed by atoms with Gasteiger partial charge >= 0.3 is 0 Å². The summed E-state index contributed by atoms with van der Waals surface area (Å²) in [6.07, 6.45) is 4.39. The third kappa shape index (κ3) is 5.55. The van der Waals surface area contributed by atoms with Gasteiger partial charge in [-0.1, -0.05) is 22.4 Å². The second-order valence-corrected chi connectivity index (χ2v) is 6.59. The van der Waals surface area contributed by atoms with Crippen LogP contribution in [0.4, 0.5) is 0 Å². The summed E-state index contributed by atoms with van der Waals surface area (Å²) in [6, 6.07) is 0. The standard InChI is InChI=1S/C11H20BrNO2S/c1-15-8-9(12)5-6-13-11(14)10-4-2-3-7-16-10/h9-10H,2-8H2,1H3,(H,13,14). The van der Waals surface area contributed by atoms with Crippen molar-refractivity contribution >= 4 is 33.6 Å². The number of hydrogen-bond donors (Lipinski definition) is 1. The quantitative estimate of drug-likeness (QED) is 0.764. The van der Waals surface area contributed by atoms with Crippen LogP contribution < -0.4 is 5.32 Å². The Bertz CT molecular complexity index is 210. The van der Waals surface area contributed by atoms with Gasteiger partial charge in [0.25, 0.3) is 0 Å². The molecule has 1 aliphatic rings. The van der Waals surface area contributed by atoms with E-state index in [1.165, 1.54) is 12.8 Å². The molecule has 0 saturated carbocycles. The summed E-state index contributed by atoms with van der Waals surface area (Å²) >= 11 is 5.29. The SMILES string of the molecule is COCC(Br)CCNC(=O)C1CCCCS1. The molecule has 5 heteroatoms. The van der Waals surface area contributed by atoms with Gasteiger partial charge in [-0.2, -0.15) is 0 Å². The zero-order chi connectivity index (χ0) is 11.8. The summed E-state index contributed by atoms with van der Waals surface area (Å²) < 4.78 is 5.01. The minimum atomic E-state index is 0.185. The molecule has 1 N–H and O–H groups in total. The predicted molar refractivity (Wildman–Crippen MR) is 72.3 cm³/mol. The highest BCUT2D eigenvalue weighted by Crippen LogP contribution is 2.24. The first kappa shape index (κ1) is 14.3.